The van der Waals surface area contributed by atoms with Gasteiger partial charge in [-0.25, -0.2) is 0 Å². The topological polar surface area (TPSA) is 32.3 Å². The summed E-state index contributed by atoms with van der Waals surface area (Å²) in [6, 6.07) is 8.35. The fourth-order valence-corrected chi connectivity index (χ4v) is 2.78. The molecule has 0 amide bonds. The maximum Gasteiger partial charge on any atom is 0.0540 e. The molecule has 1 atom stereocenters. The van der Waals surface area contributed by atoms with E-state index >= 15 is 0 Å². The largest absolute Gasteiger partial charge is 0.393 e. The van der Waals surface area contributed by atoms with Crippen molar-refractivity contribution in [1.82, 2.24) is 5.32 Å². The zero-order chi connectivity index (χ0) is 13.0. The van der Waals surface area contributed by atoms with Gasteiger partial charge in [0.1, 0.15) is 0 Å². The summed E-state index contributed by atoms with van der Waals surface area (Å²) in [5.74, 6) is 0.704. The van der Waals surface area contributed by atoms with Crippen LogP contribution in [0.4, 0.5) is 0 Å². The molecule has 2 N–H and O–H groups in total. The van der Waals surface area contributed by atoms with Gasteiger partial charge in [0.25, 0.3) is 0 Å². The molecule has 0 aromatic heterocycles. The van der Waals surface area contributed by atoms with E-state index in [0.29, 0.717) is 12.0 Å². The van der Waals surface area contributed by atoms with Crippen LogP contribution < -0.4 is 5.32 Å². The lowest BCUT2D eigenvalue weighted by Gasteiger charge is -2.27. The third kappa shape index (κ3) is 3.98. The van der Waals surface area contributed by atoms with Crippen LogP contribution in [0, 0.1) is 5.92 Å². The van der Waals surface area contributed by atoms with Gasteiger partial charge in [0.15, 0.2) is 0 Å². The van der Waals surface area contributed by atoms with Gasteiger partial charge in [-0.2, -0.15) is 0 Å². The van der Waals surface area contributed by atoms with Gasteiger partial charge in [-0.1, -0.05) is 23.7 Å². The van der Waals surface area contributed by atoms with Crippen LogP contribution in [0.3, 0.4) is 0 Å². The molecule has 0 aliphatic heterocycles. The zero-order valence-corrected chi connectivity index (χ0v) is 11.7. The molecule has 1 fully saturated rings. The molecule has 3 heteroatoms. The molecule has 0 radical (unpaired) electrons. The second kappa shape index (κ2) is 6.55. The highest BCUT2D eigenvalue weighted by molar-refractivity contribution is 6.30. The predicted octanol–water partition coefficient (Wildman–Crippen LogP) is 3.54. The van der Waals surface area contributed by atoms with E-state index in [9.17, 15) is 5.11 Å². The molecule has 0 heterocycles. The Labute approximate surface area is 114 Å². The van der Waals surface area contributed by atoms with E-state index in [1.165, 1.54) is 5.56 Å². The van der Waals surface area contributed by atoms with Crippen molar-refractivity contribution >= 4 is 11.6 Å². The van der Waals surface area contributed by atoms with Crippen LogP contribution in [0.1, 0.15) is 44.2 Å². The first-order valence-electron chi connectivity index (χ1n) is 6.82. The Morgan fingerprint density at radius 3 is 2.72 bits per heavy atom. The molecule has 0 bridgehead atoms. The van der Waals surface area contributed by atoms with E-state index in [4.69, 9.17) is 11.6 Å². The number of rotatable bonds is 4. The Morgan fingerprint density at radius 2 is 2.06 bits per heavy atom. The highest BCUT2D eigenvalue weighted by Crippen LogP contribution is 2.24. The zero-order valence-electron chi connectivity index (χ0n) is 10.9. The first-order chi connectivity index (χ1) is 8.65. The van der Waals surface area contributed by atoms with Crippen LogP contribution in [-0.4, -0.2) is 17.8 Å². The van der Waals surface area contributed by atoms with Crippen molar-refractivity contribution in [1.29, 1.82) is 0 Å². The van der Waals surface area contributed by atoms with E-state index < -0.39 is 0 Å². The predicted molar refractivity (Wildman–Crippen MR) is 75.8 cm³/mol. The maximum atomic E-state index is 9.48. The number of halogens is 1. The van der Waals surface area contributed by atoms with Gasteiger partial charge >= 0.3 is 0 Å². The molecule has 18 heavy (non-hydrogen) atoms. The summed E-state index contributed by atoms with van der Waals surface area (Å²) in [5.41, 5.74) is 1.23. The summed E-state index contributed by atoms with van der Waals surface area (Å²) in [7, 11) is 0. The van der Waals surface area contributed by atoms with Crippen LogP contribution in [0.2, 0.25) is 5.02 Å². The number of hydrogen-bond donors (Lipinski definition) is 2. The van der Waals surface area contributed by atoms with Gasteiger partial charge in [-0.3, -0.25) is 0 Å². The second-order valence-electron chi connectivity index (χ2n) is 5.36. The lowest BCUT2D eigenvalue weighted by molar-refractivity contribution is 0.108. The summed E-state index contributed by atoms with van der Waals surface area (Å²) in [4.78, 5) is 0. The van der Waals surface area contributed by atoms with Crippen LogP contribution in [-0.2, 0) is 0 Å². The minimum Gasteiger partial charge on any atom is -0.393 e. The molecule has 1 aromatic carbocycles. The summed E-state index contributed by atoms with van der Waals surface area (Å²) in [6.07, 6.45) is 4.12. The van der Waals surface area contributed by atoms with E-state index in [-0.39, 0.29) is 6.10 Å². The summed E-state index contributed by atoms with van der Waals surface area (Å²) in [6.45, 7) is 3.20. The quantitative estimate of drug-likeness (QED) is 0.875. The van der Waals surface area contributed by atoms with Gasteiger partial charge in [-0.05, 0) is 62.8 Å². The molecule has 2 rings (SSSR count). The number of benzene rings is 1. The summed E-state index contributed by atoms with van der Waals surface area (Å²) < 4.78 is 0. The lowest BCUT2D eigenvalue weighted by atomic mass is 9.87. The normalized spacial score (nSPS) is 25.9. The maximum absolute atomic E-state index is 9.48. The van der Waals surface area contributed by atoms with Crippen molar-refractivity contribution in [3.05, 3.63) is 34.9 Å². The van der Waals surface area contributed by atoms with E-state index in [2.05, 4.69) is 18.3 Å². The lowest BCUT2D eigenvalue weighted by Crippen LogP contribution is -2.29. The Balaban J connectivity index is 1.79. The molecule has 1 aromatic rings. The molecule has 1 saturated carbocycles. The van der Waals surface area contributed by atoms with E-state index in [1.807, 2.05) is 18.2 Å². The van der Waals surface area contributed by atoms with Crippen LogP contribution in [0.5, 0.6) is 0 Å². The van der Waals surface area contributed by atoms with Gasteiger partial charge in [-0.15, -0.1) is 0 Å². The molecular weight excluding hydrogens is 246 g/mol. The Kier molecular flexibility index (Phi) is 5.04. The first-order valence-corrected chi connectivity index (χ1v) is 7.20. The van der Waals surface area contributed by atoms with Crippen LogP contribution in [0.15, 0.2) is 24.3 Å². The van der Waals surface area contributed by atoms with Gasteiger partial charge in [0.05, 0.1) is 6.10 Å². The van der Waals surface area contributed by atoms with Crippen molar-refractivity contribution in [3.63, 3.8) is 0 Å². The Morgan fingerprint density at radius 1 is 1.33 bits per heavy atom. The molecule has 1 aliphatic carbocycles. The van der Waals surface area contributed by atoms with Crippen LogP contribution in [0.25, 0.3) is 0 Å². The fourth-order valence-electron chi connectivity index (χ4n) is 2.59. The summed E-state index contributed by atoms with van der Waals surface area (Å²) in [5, 5.41) is 13.8. The van der Waals surface area contributed by atoms with Crippen molar-refractivity contribution in [2.75, 3.05) is 6.54 Å². The standard InChI is InChI=1S/C15H22ClNO/c1-11(13-3-2-4-14(16)9-13)17-10-12-5-7-15(18)8-6-12/h2-4,9,11-12,15,17-18H,5-8,10H2,1H3. The number of hydrogen-bond acceptors (Lipinski definition) is 2. The van der Waals surface area contributed by atoms with E-state index in [0.717, 1.165) is 37.3 Å². The Bertz CT molecular complexity index is 375. The molecule has 0 saturated heterocycles. The van der Waals surface area contributed by atoms with Gasteiger partial charge in [0.2, 0.25) is 0 Å². The number of aliphatic hydroxyl groups is 1. The molecular formula is C15H22ClNO. The molecule has 0 spiro atoms. The van der Waals surface area contributed by atoms with Crippen molar-refractivity contribution in [2.45, 2.75) is 44.8 Å². The average Bonchev–Trinajstić information content (AvgIpc) is 2.38. The molecule has 1 unspecified atom stereocenters. The second-order valence-corrected chi connectivity index (χ2v) is 5.80. The first kappa shape index (κ1) is 13.9. The Hall–Kier alpha value is -0.570. The molecule has 100 valence electrons. The fraction of sp³-hybridized carbons (Fsp3) is 0.600. The molecule has 2 nitrogen and oxygen atoms in total. The molecule has 1 aliphatic rings. The number of aliphatic hydroxyl groups excluding tert-OH is 1. The average molecular weight is 268 g/mol. The van der Waals surface area contributed by atoms with Crippen LogP contribution >= 0.6 is 11.6 Å². The van der Waals surface area contributed by atoms with Crippen molar-refractivity contribution in [3.8, 4) is 0 Å². The van der Waals surface area contributed by atoms with Gasteiger partial charge in [0, 0.05) is 11.1 Å². The third-order valence-corrected chi connectivity index (χ3v) is 4.11. The van der Waals surface area contributed by atoms with E-state index in [1.54, 1.807) is 0 Å². The SMILES string of the molecule is CC(NCC1CCC(O)CC1)c1cccc(Cl)c1. The summed E-state index contributed by atoms with van der Waals surface area (Å²) >= 11 is 6.00. The van der Waals surface area contributed by atoms with Crippen molar-refractivity contribution < 1.29 is 5.11 Å². The highest BCUT2D eigenvalue weighted by atomic mass is 35.5. The highest BCUT2D eigenvalue weighted by Gasteiger charge is 2.19. The monoisotopic (exact) mass is 267 g/mol. The number of nitrogens with one attached hydrogen (secondary N) is 1. The minimum absolute atomic E-state index is 0.0633. The van der Waals surface area contributed by atoms with Gasteiger partial charge < -0.3 is 10.4 Å². The van der Waals surface area contributed by atoms with Crippen molar-refractivity contribution in [2.24, 2.45) is 5.92 Å². The smallest absolute Gasteiger partial charge is 0.0540 e. The minimum atomic E-state index is -0.0633. The third-order valence-electron chi connectivity index (χ3n) is 3.88.